The van der Waals surface area contributed by atoms with E-state index in [9.17, 15) is 0 Å². The molecule has 0 aromatic carbocycles. The fraction of sp³-hybridized carbons (Fsp3) is 0.938. The van der Waals surface area contributed by atoms with Gasteiger partial charge in [-0.05, 0) is 12.8 Å². The topological polar surface area (TPSA) is 26.0 Å². The molecule has 0 rings (SSSR count). The molecule has 0 aliphatic carbocycles. The molecule has 0 aromatic rings. The summed E-state index contributed by atoms with van der Waals surface area (Å²) in [4.78, 5) is 0.750. The van der Waals surface area contributed by atoms with E-state index in [2.05, 4.69) is 13.8 Å². The predicted molar refractivity (Wildman–Crippen MR) is 87.0 cm³/mol. The summed E-state index contributed by atoms with van der Waals surface area (Å²) in [5, 5.41) is 0. The quantitative estimate of drug-likeness (QED) is 0.348. The van der Waals surface area contributed by atoms with Crippen molar-refractivity contribution in [3.8, 4) is 0 Å². The molecule has 1 nitrogen and oxygen atoms in total. The molecular weight excluding hydrogens is 238 g/mol. The number of hydrogen-bond donors (Lipinski definition) is 1. The molecule has 0 fully saturated rings. The lowest BCUT2D eigenvalue weighted by molar-refractivity contribution is 0.490. The van der Waals surface area contributed by atoms with Gasteiger partial charge in [-0.15, -0.1) is 0 Å². The van der Waals surface area contributed by atoms with Crippen LogP contribution < -0.4 is 5.73 Å². The minimum atomic E-state index is 0.503. The highest BCUT2D eigenvalue weighted by atomic mass is 32.1. The van der Waals surface area contributed by atoms with Gasteiger partial charge in [0.15, 0.2) is 0 Å². The Bertz CT molecular complexity index is 192. The second-order valence-corrected chi connectivity index (χ2v) is 5.98. The largest absolute Gasteiger partial charge is 0.393 e. The monoisotopic (exact) mass is 271 g/mol. The Hall–Kier alpha value is -0.110. The summed E-state index contributed by atoms with van der Waals surface area (Å²) in [6.07, 6.45) is 15.9. The van der Waals surface area contributed by atoms with Gasteiger partial charge in [-0.25, -0.2) is 0 Å². The Morgan fingerprint density at radius 1 is 0.778 bits per heavy atom. The lowest BCUT2D eigenvalue weighted by Gasteiger charge is -2.15. The highest BCUT2D eigenvalue weighted by molar-refractivity contribution is 7.80. The average molecular weight is 272 g/mol. The van der Waals surface area contributed by atoms with Crippen molar-refractivity contribution >= 4 is 17.2 Å². The van der Waals surface area contributed by atoms with E-state index in [0.29, 0.717) is 5.92 Å². The van der Waals surface area contributed by atoms with Crippen LogP contribution in [-0.4, -0.2) is 4.99 Å². The molecule has 0 heterocycles. The van der Waals surface area contributed by atoms with E-state index in [1.807, 2.05) is 0 Å². The molecule has 0 aromatic heterocycles. The molecular formula is C16H33NS. The van der Waals surface area contributed by atoms with Gasteiger partial charge < -0.3 is 5.73 Å². The van der Waals surface area contributed by atoms with Crippen LogP contribution in [0.2, 0.25) is 0 Å². The first-order valence-corrected chi connectivity index (χ1v) is 8.42. The zero-order valence-corrected chi connectivity index (χ0v) is 13.4. The van der Waals surface area contributed by atoms with E-state index < -0.39 is 0 Å². The standard InChI is InChI=1S/C16H33NS/c1-3-5-7-9-10-12-14-15(16(17)18)13-11-8-6-4-2/h15H,3-14H2,1-2H3,(H2,17,18). The predicted octanol–water partition coefficient (Wildman–Crippen LogP) is 5.61. The first-order valence-electron chi connectivity index (χ1n) is 8.01. The van der Waals surface area contributed by atoms with Crippen molar-refractivity contribution in [3.05, 3.63) is 0 Å². The van der Waals surface area contributed by atoms with Crippen molar-refractivity contribution < 1.29 is 0 Å². The number of nitrogens with two attached hydrogens (primary N) is 1. The minimum Gasteiger partial charge on any atom is -0.393 e. The van der Waals surface area contributed by atoms with Crippen LogP contribution in [0.5, 0.6) is 0 Å². The second kappa shape index (κ2) is 13.3. The van der Waals surface area contributed by atoms with E-state index in [1.165, 1.54) is 77.0 Å². The Morgan fingerprint density at radius 2 is 1.17 bits per heavy atom. The van der Waals surface area contributed by atoms with Crippen molar-refractivity contribution in [1.29, 1.82) is 0 Å². The van der Waals surface area contributed by atoms with E-state index >= 15 is 0 Å². The van der Waals surface area contributed by atoms with Gasteiger partial charge in [-0.1, -0.05) is 90.3 Å². The van der Waals surface area contributed by atoms with Gasteiger partial charge in [-0.2, -0.15) is 0 Å². The van der Waals surface area contributed by atoms with Gasteiger partial charge in [0.25, 0.3) is 0 Å². The van der Waals surface area contributed by atoms with Gasteiger partial charge in [0, 0.05) is 5.92 Å². The van der Waals surface area contributed by atoms with Crippen molar-refractivity contribution in [2.45, 2.75) is 90.9 Å². The molecule has 0 aliphatic rings. The molecule has 0 saturated carbocycles. The molecule has 0 amide bonds. The van der Waals surface area contributed by atoms with Gasteiger partial charge in [0.1, 0.15) is 0 Å². The van der Waals surface area contributed by atoms with Crippen LogP contribution in [0, 0.1) is 5.92 Å². The lowest BCUT2D eigenvalue weighted by atomic mass is 9.94. The van der Waals surface area contributed by atoms with Crippen molar-refractivity contribution in [2.24, 2.45) is 11.7 Å². The third-order valence-electron chi connectivity index (χ3n) is 3.71. The molecule has 2 heteroatoms. The number of rotatable bonds is 13. The van der Waals surface area contributed by atoms with Crippen molar-refractivity contribution in [1.82, 2.24) is 0 Å². The zero-order valence-electron chi connectivity index (χ0n) is 12.5. The van der Waals surface area contributed by atoms with E-state index in [4.69, 9.17) is 18.0 Å². The van der Waals surface area contributed by atoms with Crippen LogP contribution in [0.15, 0.2) is 0 Å². The first kappa shape index (κ1) is 17.9. The summed E-state index contributed by atoms with van der Waals surface area (Å²) in [5.41, 5.74) is 5.85. The van der Waals surface area contributed by atoms with Gasteiger partial charge in [-0.3, -0.25) is 0 Å². The Balaban J connectivity index is 3.54. The number of hydrogen-bond acceptors (Lipinski definition) is 1. The molecule has 18 heavy (non-hydrogen) atoms. The maximum absolute atomic E-state index is 5.85. The summed E-state index contributed by atoms with van der Waals surface area (Å²) in [5.74, 6) is 0.503. The van der Waals surface area contributed by atoms with Crippen LogP contribution in [-0.2, 0) is 0 Å². The van der Waals surface area contributed by atoms with E-state index in [-0.39, 0.29) is 0 Å². The van der Waals surface area contributed by atoms with Crippen LogP contribution in [0.3, 0.4) is 0 Å². The van der Waals surface area contributed by atoms with Gasteiger partial charge in [0.2, 0.25) is 0 Å². The molecule has 0 aliphatic heterocycles. The average Bonchev–Trinajstić information content (AvgIpc) is 2.35. The highest BCUT2D eigenvalue weighted by Crippen LogP contribution is 2.19. The van der Waals surface area contributed by atoms with Crippen LogP contribution in [0.1, 0.15) is 90.9 Å². The van der Waals surface area contributed by atoms with E-state index in [0.717, 1.165) is 4.99 Å². The van der Waals surface area contributed by atoms with Crippen LogP contribution >= 0.6 is 12.2 Å². The molecule has 0 spiro atoms. The van der Waals surface area contributed by atoms with Gasteiger partial charge in [0.05, 0.1) is 4.99 Å². The minimum absolute atomic E-state index is 0.503. The maximum Gasteiger partial charge on any atom is 0.0758 e. The molecule has 1 unspecified atom stereocenters. The summed E-state index contributed by atoms with van der Waals surface area (Å²) < 4.78 is 0. The lowest BCUT2D eigenvalue weighted by Crippen LogP contribution is -2.21. The Morgan fingerprint density at radius 3 is 1.61 bits per heavy atom. The first-order chi connectivity index (χ1) is 8.72. The van der Waals surface area contributed by atoms with Gasteiger partial charge >= 0.3 is 0 Å². The van der Waals surface area contributed by atoms with Crippen molar-refractivity contribution in [3.63, 3.8) is 0 Å². The molecule has 0 saturated heterocycles. The Kier molecular flexibility index (Phi) is 13.2. The third kappa shape index (κ3) is 11.0. The maximum atomic E-state index is 5.85. The molecule has 108 valence electrons. The fourth-order valence-electron chi connectivity index (χ4n) is 2.42. The Labute approximate surface area is 120 Å². The smallest absolute Gasteiger partial charge is 0.0758 e. The third-order valence-corrected chi connectivity index (χ3v) is 4.05. The summed E-state index contributed by atoms with van der Waals surface area (Å²) >= 11 is 5.19. The van der Waals surface area contributed by atoms with Crippen LogP contribution in [0.25, 0.3) is 0 Å². The molecule has 0 bridgehead atoms. The fourth-order valence-corrected chi connectivity index (χ4v) is 2.65. The molecule has 0 radical (unpaired) electrons. The number of unbranched alkanes of at least 4 members (excludes halogenated alkanes) is 8. The molecule has 2 N–H and O–H groups in total. The van der Waals surface area contributed by atoms with Crippen LogP contribution in [0.4, 0.5) is 0 Å². The normalized spacial score (nSPS) is 12.6. The zero-order chi connectivity index (χ0) is 13.6. The molecule has 1 atom stereocenters. The number of thiocarbonyl (C=S) groups is 1. The van der Waals surface area contributed by atoms with E-state index in [1.54, 1.807) is 0 Å². The second-order valence-electron chi connectivity index (χ2n) is 5.51. The summed E-state index contributed by atoms with van der Waals surface area (Å²) in [6, 6.07) is 0. The van der Waals surface area contributed by atoms with Crippen molar-refractivity contribution in [2.75, 3.05) is 0 Å². The SMILES string of the molecule is CCCCCCCCC(CCCCCC)C(N)=S. The summed E-state index contributed by atoms with van der Waals surface area (Å²) in [7, 11) is 0. The summed E-state index contributed by atoms with van der Waals surface area (Å²) in [6.45, 7) is 4.51. The highest BCUT2D eigenvalue weighted by Gasteiger charge is 2.10.